The van der Waals surface area contributed by atoms with Gasteiger partial charge in [0.1, 0.15) is 0 Å². The lowest BCUT2D eigenvalue weighted by atomic mass is 10.1. The van der Waals surface area contributed by atoms with Gasteiger partial charge in [0.15, 0.2) is 0 Å². The Bertz CT molecular complexity index is 366. The maximum absolute atomic E-state index is 9.19. The van der Waals surface area contributed by atoms with Crippen LogP contribution in [0.5, 0.6) is 0 Å². The molecule has 0 radical (unpaired) electrons. The van der Waals surface area contributed by atoms with Gasteiger partial charge in [-0.15, -0.1) is 0 Å². The summed E-state index contributed by atoms with van der Waals surface area (Å²) in [5.74, 6) is 0. The summed E-state index contributed by atoms with van der Waals surface area (Å²) >= 11 is 0. The van der Waals surface area contributed by atoms with Gasteiger partial charge in [0.05, 0.1) is 6.61 Å². The fraction of sp³-hybridized carbons (Fsp3) is 0.625. The van der Waals surface area contributed by atoms with E-state index in [9.17, 15) is 5.11 Å². The topological polar surface area (TPSA) is 26.7 Å². The Morgan fingerprint density at radius 1 is 1.32 bits per heavy atom. The Kier molecular flexibility index (Phi) is 5.37. The van der Waals surface area contributed by atoms with Gasteiger partial charge in [-0.05, 0) is 25.8 Å². The largest absolute Gasteiger partial charge is 0.395 e. The zero-order valence-corrected chi connectivity index (χ0v) is 12.1. The standard InChI is InChI=1S/C16H26N2O/c1-14(2)18(10-11-19)16-8-9-17(13-16)12-15-6-4-3-5-7-15/h3-7,14,16,19H,8-13H2,1-2H3/t16-/m0/s1. The zero-order valence-electron chi connectivity index (χ0n) is 12.1. The molecule has 0 spiro atoms. The zero-order chi connectivity index (χ0) is 13.7. The second-order valence-corrected chi connectivity index (χ2v) is 5.72. The fourth-order valence-corrected chi connectivity index (χ4v) is 3.05. The maximum Gasteiger partial charge on any atom is 0.0558 e. The maximum atomic E-state index is 9.19. The highest BCUT2D eigenvalue weighted by atomic mass is 16.3. The van der Waals surface area contributed by atoms with Crippen LogP contribution in [0.25, 0.3) is 0 Å². The van der Waals surface area contributed by atoms with Crippen LogP contribution in [0, 0.1) is 0 Å². The number of likely N-dealkylation sites (tertiary alicyclic amines) is 1. The van der Waals surface area contributed by atoms with Gasteiger partial charge in [-0.1, -0.05) is 30.3 Å². The highest BCUT2D eigenvalue weighted by molar-refractivity contribution is 5.14. The Morgan fingerprint density at radius 3 is 2.68 bits per heavy atom. The molecule has 1 aliphatic rings. The molecular formula is C16H26N2O. The average Bonchev–Trinajstić information content (AvgIpc) is 2.85. The number of benzene rings is 1. The summed E-state index contributed by atoms with van der Waals surface area (Å²) < 4.78 is 0. The number of rotatable bonds is 6. The molecule has 3 heteroatoms. The number of aliphatic hydroxyl groups is 1. The van der Waals surface area contributed by atoms with E-state index in [4.69, 9.17) is 0 Å². The van der Waals surface area contributed by atoms with Crippen molar-refractivity contribution in [2.24, 2.45) is 0 Å². The SMILES string of the molecule is CC(C)N(CCO)[C@H]1CCN(Cc2ccccc2)C1. The Hall–Kier alpha value is -0.900. The summed E-state index contributed by atoms with van der Waals surface area (Å²) in [6.07, 6.45) is 1.21. The Balaban J connectivity index is 1.88. The van der Waals surface area contributed by atoms with Gasteiger partial charge in [-0.25, -0.2) is 0 Å². The van der Waals surface area contributed by atoms with Crippen molar-refractivity contribution in [1.82, 2.24) is 9.80 Å². The van der Waals surface area contributed by atoms with Crippen molar-refractivity contribution < 1.29 is 5.11 Å². The van der Waals surface area contributed by atoms with Gasteiger partial charge in [-0.2, -0.15) is 0 Å². The third-order valence-electron chi connectivity index (χ3n) is 3.99. The van der Waals surface area contributed by atoms with Crippen molar-refractivity contribution in [2.45, 2.75) is 38.9 Å². The molecule has 1 heterocycles. The summed E-state index contributed by atoms with van der Waals surface area (Å²) in [5.41, 5.74) is 1.39. The van der Waals surface area contributed by atoms with Crippen molar-refractivity contribution in [3.8, 4) is 0 Å². The first-order valence-corrected chi connectivity index (χ1v) is 7.33. The van der Waals surface area contributed by atoms with E-state index in [2.05, 4.69) is 54.0 Å². The second-order valence-electron chi connectivity index (χ2n) is 5.72. The average molecular weight is 262 g/mol. The molecular weight excluding hydrogens is 236 g/mol. The molecule has 3 nitrogen and oxygen atoms in total. The van der Waals surface area contributed by atoms with Crippen LogP contribution in [0.1, 0.15) is 25.8 Å². The number of aliphatic hydroxyl groups excluding tert-OH is 1. The van der Waals surface area contributed by atoms with Crippen LogP contribution < -0.4 is 0 Å². The molecule has 19 heavy (non-hydrogen) atoms. The molecule has 1 saturated heterocycles. The van der Waals surface area contributed by atoms with Gasteiger partial charge in [-0.3, -0.25) is 9.80 Å². The summed E-state index contributed by atoms with van der Waals surface area (Å²) in [5, 5.41) is 9.19. The highest BCUT2D eigenvalue weighted by Crippen LogP contribution is 2.19. The van der Waals surface area contributed by atoms with Crippen LogP contribution in [0.3, 0.4) is 0 Å². The van der Waals surface area contributed by atoms with Crippen molar-refractivity contribution in [3.05, 3.63) is 35.9 Å². The molecule has 1 aliphatic heterocycles. The molecule has 1 N–H and O–H groups in total. The molecule has 1 atom stereocenters. The molecule has 1 aromatic carbocycles. The molecule has 0 bridgehead atoms. The van der Waals surface area contributed by atoms with Crippen LogP contribution in [-0.2, 0) is 6.54 Å². The van der Waals surface area contributed by atoms with E-state index in [0.717, 1.165) is 26.2 Å². The summed E-state index contributed by atoms with van der Waals surface area (Å²) in [7, 11) is 0. The summed E-state index contributed by atoms with van der Waals surface area (Å²) in [6, 6.07) is 11.8. The van der Waals surface area contributed by atoms with Crippen LogP contribution in [0.15, 0.2) is 30.3 Å². The lowest BCUT2D eigenvalue weighted by Gasteiger charge is -2.32. The van der Waals surface area contributed by atoms with Crippen molar-refractivity contribution in [3.63, 3.8) is 0 Å². The highest BCUT2D eigenvalue weighted by Gasteiger charge is 2.28. The monoisotopic (exact) mass is 262 g/mol. The van der Waals surface area contributed by atoms with Crippen molar-refractivity contribution >= 4 is 0 Å². The molecule has 0 amide bonds. The normalized spacial score (nSPS) is 20.6. The van der Waals surface area contributed by atoms with Gasteiger partial charge >= 0.3 is 0 Å². The van der Waals surface area contributed by atoms with Gasteiger partial charge in [0.25, 0.3) is 0 Å². The van der Waals surface area contributed by atoms with Gasteiger partial charge < -0.3 is 5.11 Å². The van der Waals surface area contributed by atoms with Gasteiger partial charge in [0.2, 0.25) is 0 Å². The first kappa shape index (κ1) is 14.5. The third-order valence-corrected chi connectivity index (χ3v) is 3.99. The number of nitrogens with zero attached hydrogens (tertiary/aromatic N) is 2. The lowest BCUT2D eigenvalue weighted by Crippen LogP contribution is -2.43. The van der Waals surface area contributed by atoms with E-state index in [1.165, 1.54) is 12.0 Å². The molecule has 1 fully saturated rings. The van der Waals surface area contributed by atoms with Crippen LogP contribution in [-0.4, -0.2) is 53.2 Å². The van der Waals surface area contributed by atoms with E-state index in [-0.39, 0.29) is 6.61 Å². The van der Waals surface area contributed by atoms with Crippen molar-refractivity contribution in [2.75, 3.05) is 26.2 Å². The number of hydrogen-bond acceptors (Lipinski definition) is 3. The van der Waals surface area contributed by atoms with E-state index >= 15 is 0 Å². The summed E-state index contributed by atoms with van der Waals surface area (Å²) in [6.45, 7) is 8.81. The minimum atomic E-state index is 0.257. The molecule has 1 aromatic rings. The fourth-order valence-electron chi connectivity index (χ4n) is 3.05. The molecule has 0 saturated carbocycles. The van der Waals surface area contributed by atoms with Crippen molar-refractivity contribution in [1.29, 1.82) is 0 Å². The molecule has 106 valence electrons. The first-order valence-electron chi connectivity index (χ1n) is 7.33. The first-order chi connectivity index (χ1) is 9.20. The van der Waals surface area contributed by atoms with E-state index < -0.39 is 0 Å². The third kappa shape index (κ3) is 4.03. The molecule has 0 aliphatic carbocycles. The predicted octanol–water partition coefficient (Wildman–Crippen LogP) is 1.96. The smallest absolute Gasteiger partial charge is 0.0558 e. The number of hydrogen-bond donors (Lipinski definition) is 1. The minimum Gasteiger partial charge on any atom is -0.395 e. The lowest BCUT2D eigenvalue weighted by molar-refractivity contribution is 0.118. The predicted molar refractivity (Wildman–Crippen MR) is 79.1 cm³/mol. The van der Waals surface area contributed by atoms with Crippen LogP contribution in [0.4, 0.5) is 0 Å². The van der Waals surface area contributed by atoms with E-state index in [1.54, 1.807) is 0 Å². The molecule has 0 aromatic heterocycles. The van der Waals surface area contributed by atoms with E-state index in [1.807, 2.05) is 0 Å². The van der Waals surface area contributed by atoms with Gasteiger partial charge in [0, 0.05) is 38.3 Å². The quantitative estimate of drug-likeness (QED) is 0.849. The Morgan fingerprint density at radius 2 is 2.05 bits per heavy atom. The minimum absolute atomic E-state index is 0.257. The molecule has 2 rings (SSSR count). The second kappa shape index (κ2) is 7.04. The molecule has 0 unspecified atom stereocenters. The summed E-state index contributed by atoms with van der Waals surface area (Å²) in [4.78, 5) is 4.96. The van der Waals surface area contributed by atoms with E-state index in [0.29, 0.717) is 12.1 Å². The van der Waals surface area contributed by atoms with Crippen LogP contribution >= 0.6 is 0 Å². The van der Waals surface area contributed by atoms with Crippen LogP contribution in [0.2, 0.25) is 0 Å². The Labute approximate surface area is 116 Å².